The minimum absolute atomic E-state index is 0.0233. The highest BCUT2D eigenvalue weighted by Crippen LogP contribution is 2.31. The van der Waals surface area contributed by atoms with Gasteiger partial charge in [0.1, 0.15) is 4.90 Å². The summed E-state index contributed by atoms with van der Waals surface area (Å²) in [6, 6.07) is 11.6. The average Bonchev–Trinajstić information content (AvgIpc) is 2.84. The summed E-state index contributed by atoms with van der Waals surface area (Å²) in [7, 11) is -2.24. The third-order valence-corrected chi connectivity index (χ3v) is 5.21. The van der Waals surface area contributed by atoms with Gasteiger partial charge in [0, 0.05) is 12.6 Å². The highest BCUT2D eigenvalue weighted by atomic mass is 32.2. The number of sulfonamides is 1. The van der Waals surface area contributed by atoms with Gasteiger partial charge in [-0.15, -0.1) is 0 Å². The second-order valence-corrected chi connectivity index (χ2v) is 7.84. The monoisotopic (exact) mass is 403 g/mol. The molecular formula is C17H17N5O3S2. The lowest BCUT2D eigenvalue weighted by Gasteiger charge is -2.11. The molecule has 1 aliphatic rings. The minimum atomic E-state index is -3.92. The van der Waals surface area contributed by atoms with Crippen molar-refractivity contribution < 1.29 is 13.2 Å². The van der Waals surface area contributed by atoms with Gasteiger partial charge in [0.05, 0.1) is 11.4 Å². The van der Waals surface area contributed by atoms with E-state index >= 15 is 0 Å². The summed E-state index contributed by atoms with van der Waals surface area (Å²) in [6.07, 6.45) is 0. The molecule has 10 heteroatoms. The normalized spacial score (nSPS) is 15.0. The molecule has 0 atom stereocenters. The van der Waals surface area contributed by atoms with Gasteiger partial charge in [0.2, 0.25) is 10.0 Å². The molecule has 27 heavy (non-hydrogen) atoms. The van der Waals surface area contributed by atoms with E-state index in [-0.39, 0.29) is 27.3 Å². The third kappa shape index (κ3) is 3.68. The summed E-state index contributed by atoms with van der Waals surface area (Å²) < 4.78 is 23.3. The van der Waals surface area contributed by atoms with E-state index in [1.54, 1.807) is 25.2 Å². The molecule has 1 heterocycles. The van der Waals surface area contributed by atoms with Crippen LogP contribution in [0.5, 0.6) is 0 Å². The van der Waals surface area contributed by atoms with Crippen LogP contribution < -0.4 is 20.8 Å². The molecule has 0 unspecified atom stereocenters. The maximum Gasteiger partial charge on any atom is 0.279 e. The smallest absolute Gasteiger partial charge is 0.279 e. The molecule has 2 aromatic carbocycles. The number of para-hydroxylation sites is 2. The Morgan fingerprint density at radius 3 is 2.59 bits per heavy atom. The van der Waals surface area contributed by atoms with E-state index in [1.165, 1.54) is 17.0 Å². The van der Waals surface area contributed by atoms with Crippen molar-refractivity contribution in [1.82, 2.24) is 5.43 Å². The third-order valence-electron chi connectivity index (χ3n) is 4.05. The number of hydrazone groups is 1. The topological polar surface area (TPSA) is 117 Å². The van der Waals surface area contributed by atoms with Crippen molar-refractivity contribution >= 4 is 50.3 Å². The number of amides is 1. The van der Waals surface area contributed by atoms with E-state index in [1.807, 2.05) is 19.1 Å². The first-order chi connectivity index (χ1) is 12.7. The molecule has 0 aliphatic carbocycles. The molecule has 2 aromatic rings. The number of fused-ring (bicyclic) bond motifs is 1. The Kier molecular flexibility index (Phi) is 4.96. The first kappa shape index (κ1) is 19.0. The van der Waals surface area contributed by atoms with E-state index in [9.17, 15) is 13.2 Å². The second kappa shape index (κ2) is 7.06. The molecular weight excluding hydrogens is 386 g/mol. The Labute approximate surface area is 162 Å². The predicted octanol–water partition coefficient (Wildman–Crippen LogP) is 1.31. The van der Waals surface area contributed by atoms with Crippen LogP contribution in [0.1, 0.15) is 11.1 Å². The van der Waals surface area contributed by atoms with Crippen LogP contribution in [-0.4, -0.2) is 32.2 Å². The van der Waals surface area contributed by atoms with Crippen LogP contribution in [0, 0.1) is 6.92 Å². The van der Waals surface area contributed by atoms with Crippen molar-refractivity contribution in [3.63, 3.8) is 0 Å². The number of aryl methyl sites for hydroxylation is 1. The molecule has 0 aromatic heterocycles. The lowest BCUT2D eigenvalue weighted by atomic mass is 10.1. The maximum absolute atomic E-state index is 12.5. The fourth-order valence-electron chi connectivity index (χ4n) is 2.85. The van der Waals surface area contributed by atoms with Crippen LogP contribution in [0.25, 0.3) is 0 Å². The van der Waals surface area contributed by atoms with Crippen LogP contribution >= 0.6 is 12.2 Å². The quantitative estimate of drug-likeness (QED) is 0.525. The number of carbonyl (C=O) groups is 1. The summed E-state index contributed by atoms with van der Waals surface area (Å²) >= 11 is 5.16. The lowest BCUT2D eigenvalue weighted by molar-refractivity contribution is -0.112. The van der Waals surface area contributed by atoms with Gasteiger partial charge in [-0.2, -0.15) is 5.10 Å². The lowest BCUT2D eigenvalue weighted by Crippen LogP contribution is -2.30. The Morgan fingerprint density at radius 2 is 1.89 bits per heavy atom. The van der Waals surface area contributed by atoms with Gasteiger partial charge >= 0.3 is 0 Å². The van der Waals surface area contributed by atoms with E-state index in [0.717, 1.165) is 11.3 Å². The van der Waals surface area contributed by atoms with Crippen molar-refractivity contribution in [3.8, 4) is 0 Å². The number of anilines is 2. The number of benzene rings is 2. The summed E-state index contributed by atoms with van der Waals surface area (Å²) in [5.41, 5.74) is 5.47. The van der Waals surface area contributed by atoms with Crippen LogP contribution in [0.15, 0.2) is 52.5 Å². The van der Waals surface area contributed by atoms with Gasteiger partial charge in [-0.3, -0.25) is 10.2 Å². The number of likely N-dealkylation sites (N-methyl/N-ethyl adjacent to an activating group) is 1. The molecule has 0 saturated carbocycles. The number of nitrogens with two attached hydrogens (primary N) is 1. The molecule has 0 bridgehead atoms. The average molecular weight is 403 g/mol. The molecule has 0 radical (unpaired) electrons. The SMILES string of the molecule is Cc1cccc2c1N(C)C(=O)C2=NNC(=S)Nc1ccccc1S(N)(=O)=O. The molecule has 8 nitrogen and oxygen atoms in total. The Bertz CT molecular complexity index is 1080. The van der Waals surface area contributed by atoms with E-state index < -0.39 is 10.0 Å². The predicted molar refractivity (Wildman–Crippen MR) is 108 cm³/mol. The minimum Gasteiger partial charge on any atom is -0.330 e. The number of primary sulfonamides is 1. The number of nitrogens with one attached hydrogen (secondary N) is 2. The van der Waals surface area contributed by atoms with Crippen LogP contribution in [-0.2, 0) is 14.8 Å². The van der Waals surface area contributed by atoms with Gasteiger partial charge in [0.15, 0.2) is 10.8 Å². The van der Waals surface area contributed by atoms with Gasteiger partial charge in [0.25, 0.3) is 5.91 Å². The number of hydrogen-bond donors (Lipinski definition) is 3. The molecule has 3 rings (SSSR count). The van der Waals surface area contributed by atoms with Gasteiger partial charge in [-0.25, -0.2) is 13.6 Å². The molecule has 4 N–H and O–H groups in total. The summed E-state index contributed by atoms with van der Waals surface area (Å²) in [5, 5.41) is 12.1. The fraction of sp³-hybridized carbons (Fsp3) is 0.118. The van der Waals surface area contributed by atoms with Crippen LogP contribution in [0.3, 0.4) is 0 Å². The zero-order chi connectivity index (χ0) is 19.8. The van der Waals surface area contributed by atoms with Crippen molar-refractivity contribution in [3.05, 3.63) is 53.6 Å². The van der Waals surface area contributed by atoms with Crippen molar-refractivity contribution in [2.45, 2.75) is 11.8 Å². The highest BCUT2D eigenvalue weighted by Gasteiger charge is 2.32. The second-order valence-electron chi connectivity index (χ2n) is 5.90. The molecule has 1 amide bonds. The van der Waals surface area contributed by atoms with Crippen molar-refractivity contribution in [2.75, 3.05) is 17.3 Å². The van der Waals surface area contributed by atoms with E-state index in [4.69, 9.17) is 17.4 Å². The Morgan fingerprint density at radius 1 is 1.19 bits per heavy atom. The van der Waals surface area contributed by atoms with Gasteiger partial charge in [-0.1, -0.05) is 30.3 Å². The summed E-state index contributed by atoms with van der Waals surface area (Å²) in [5.74, 6) is -0.264. The largest absolute Gasteiger partial charge is 0.330 e. The zero-order valence-electron chi connectivity index (χ0n) is 14.6. The van der Waals surface area contributed by atoms with E-state index in [0.29, 0.717) is 5.56 Å². The molecule has 140 valence electrons. The van der Waals surface area contributed by atoms with Gasteiger partial charge < -0.3 is 10.2 Å². The van der Waals surface area contributed by atoms with Gasteiger partial charge in [-0.05, 0) is 36.8 Å². The van der Waals surface area contributed by atoms with Crippen LogP contribution in [0.2, 0.25) is 0 Å². The number of carbonyl (C=O) groups excluding carboxylic acids is 1. The number of hydrogen-bond acceptors (Lipinski definition) is 5. The Hall–Kier alpha value is -2.82. The number of thiocarbonyl (C=S) groups is 1. The maximum atomic E-state index is 12.5. The van der Waals surface area contributed by atoms with E-state index in [2.05, 4.69) is 15.8 Å². The first-order valence-electron chi connectivity index (χ1n) is 7.84. The fourth-order valence-corrected chi connectivity index (χ4v) is 3.70. The summed E-state index contributed by atoms with van der Waals surface area (Å²) in [6.45, 7) is 1.91. The molecule has 0 saturated heterocycles. The summed E-state index contributed by atoms with van der Waals surface area (Å²) in [4.78, 5) is 13.9. The van der Waals surface area contributed by atoms with Crippen molar-refractivity contribution in [2.24, 2.45) is 10.2 Å². The van der Waals surface area contributed by atoms with Crippen molar-refractivity contribution in [1.29, 1.82) is 0 Å². The number of nitrogens with zero attached hydrogens (tertiary/aromatic N) is 2. The molecule has 0 spiro atoms. The zero-order valence-corrected chi connectivity index (χ0v) is 16.2. The molecule has 0 fully saturated rings. The first-order valence-corrected chi connectivity index (χ1v) is 9.80. The molecule has 1 aliphatic heterocycles. The number of rotatable bonds is 3. The Balaban J connectivity index is 1.83. The van der Waals surface area contributed by atoms with Crippen LogP contribution in [0.4, 0.5) is 11.4 Å². The highest BCUT2D eigenvalue weighted by molar-refractivity contribution is 7.89. The standard InChI is InChI=1S/C17H17N5O3S2/c1-10-6-5-7-11-14(16(23)22(2)15(10)11)20-21-17(26)19-12-8-3-4-9-13(12)27(18,24)25/h3-9H,1-2H3,(H2,18,24,25)(H2,19,21,26).